The van der Waals surface area contributed by atoms with Gasteiger partial charge in [0.15, 0.2) is 0 Å². The van der Waals surface area contributed by atoms with Crippen molar-refractivity contribution in [3.8, 4) is 0 Å². The number of nitrogens with two attached hydrogens (primary N) is 1. The third-order valence-corrected chi connectivity index (χ3v) is 2.32. The highest BCUT2D eigenvalue weighted by atomic mass is 32.2. The van der Waals surface area contributed by atoms with Crippen LogP contribution >= 0.6 is 11.8 Å². The molecule has 0 spiro atoms. The molecule has 1 unspecified atom stereocenters. The summed E-state index contributed by atoms with van der Waals surface area (Å²) in [6.45, 7) is 3.97. The summed E-state index contributed by atoms with van der Waals surface area (Å²) < 4.78 is 0. The summed E-state index contributed by atoms with van der Waals surface area (Å²) in [5.74, 6) is 1.28. The van der Waals surface area contributed by atoms with Crippen molar-refractivity contribution in [3.63, 3.8) is 0 Å². The molecule has 0 bridgehead atoms. The maximum atomic E-state index is 5.45. The van der Waals surface area contributed by atoms with Crippen LogP contribution in [0.25, 0.3) is 0 Å². The molecule has 2 nitrogen and oxygen atoms in total. The third kappa shape index (κ3) is 8.17. The molecule has 0 fully saturated rings. The van der Waals surface area contributed by atoms with E-state index in [0.717, 1.165) is 13.1 Å². The zero-order valence-electron chi connectivity index (χ0n) is 7.60. The molecule has 0 saturated carbocycles. The van der Waals surface area contributed by atoms with Crippen LogP contribution in [0.1, 0.15) is 19.8 Å². The van der Waals surface area contributed by atoms with Crippen molar-refractivity contribution in [2.75, 3.05) is 25.1 Å². The molecule has 3 heteroatoms. The van der Waals surface area contributed by atoms with E-state index in [1.807, 2.05) is 11.8 Å². The average molecular weight is 176 g/mol. The van der Waals surface area contributed by atoms with Crippen LogP contribution in [0, 0.1) is 0 Å². The Kier molecular flexibility index (Phi) is 8.57. The monoisotopic (exact) mass is 176 g/mol. The molecule has 0 rings (SSSR count). The maximum absolute atomic E-state index is 5.45. The molecule has 0 saturated heterocycles. The molecule has 0 aliphatic carbocycles. The Bertz CT molecular complexity index is 78.5. The van der Waals surface area contributed by atoms with Crippen molar-refractivity contribution in [1.29, 1.82) is 0 Å². The van der Waals surface area contributed by atoms with Crippen molar-refractivity contribution < 1.29 is 0 Å². The van der Waals surface area contributed by atoms with E-state index in [0.29, 0.717) is 6.04 Å². The van der Waals surface area contributed by atoms with Gasteiger partial charge in [0, 0.05) is 12.6 Å². The van der Waals surface area contributed by atoms with Gasteiger partial charge in [-0.05, 0) is 38.3 Å². The lowest BCUT2D eigenvalue weighted by Gasteiger charge is -2.09. The van der Waals surface area contributed by atoms with E-state index < -0.39 is 0 Å². The van der Waals surface area contributed by atoms with Crippen LogP contribution in [-0.2, 0) is 0 Å². The Balaban J connectivity index is 2.89. The molecule has 0 aliphatic rings. The van der Waals surface area contributed by atoms with Gasteiger partial charge in [-0.3, -0.25) is 0 Å². The summed E-state index contributed by atoms with van der Waals surface area (Å²) in [6, 6.07) is 0.476. The molecule has 0 amide bonds. The van der Waals surface area contributed by atoms with Gasteiger partial charge in [0.25, 0.3) is 0 Å². The Morgan fingerprint density at radius 3 is 2.73 bits per heavy atom. The Morgan fingerprint density at radius 2 is 2.18 bits per heavy atom. The van der Waals surface area contributed by atoms with Crippen LogP contribution in [0.3, 0.4) is 0 Å². The summed E-state index contributed by atoms with van der Waals surface area (Å²) in [7, 11) is 0. The summed E-state index contributed by atoms with van der Waals surface area (Å²) >= 11 is 1.91. The lowest BCUT2D eigenvalue weighted by atomic mass is 10.3. The van der Waals surface area contributed by atoms with Gasteiger partial charge in [0.2, 0.25) is 0 Å². The highest BCUT2D eigenvalue weighted by Crippen LogP contribution is 1.97. The number of thioether (sulfide) groups is 1. The van der Waals surface area contributed by atoms with Crippen LogP contribution in [-0.4, -0.2) is 31.1 Å². The molecule has 0 aromatic rings. The molecule has 0 aromatic heterocycles. The lowest BCUT2D eigenvalue weighted by Crippen LogP contribution is -2.33. The normalized spacial score (nSPS) is 13.4. The van der Waals surface area contributed by atoms with Crippen LogP contribution in [0.2, 0.25) is 0 Å². The summed E-state index contributed by atoms with van der Waals surface area (Å²) in [6.07, 6.45) is 4.73. The van der Waals surface area contributed by atoms with Crippen molar-refractivity contribution in [2.45, 2.75) is 25.8 Å². The van der Waals surface area contributed by atoms with Gasteiger partial charge >= 0.3 is 0 Å². The lowest BCUT2D eigenvalue weighted by molar-refractivity contribution is 0.541. The van der Waals surface area contributed by atoms with Gasteiger partial charge in [-0.15, -0.1) is 0 Å². The van der Waals surface area contributed by atoms with E-state index in [9.17, 15) is 0 Å². The van der Waals surface area contributed by atoms with E-state index in [4.69, 9.17) is 5.73 Å². The van der Waals surface area contributed by atoms with Crippen LogP contribution in [0.4, 0.5) is 0 Å². The van der Waals surface area contributed by atoms with Gasteiger partial charge in [-0.2, -0.15) is 11.8 Å². The first-order chi connectivity index (χ1) is 5.31. The van der Waals surface area contributed by atoms with E-state index in [2.05, 4.69) is 18.5 Å². The molecular formula is C8H20N2S. The van der Waals surface area contributed by atoms with Gasteiger partial charge < -0.3 is 11.1 Å². The quantitative estimate of drug-likeness (QED) is 0.570. The predicted octanol–water partition coefficient (Wildman–Crippen LogP) is 1.07. The topological polar surface area (TPSA) is 38.0 Å². The average Bonchev–Trinajstić information content (AvgIpc) is 2.04. The van der Waals surface area contributed by atoms with Crippen molar-refractivity contribution in [3.05, 3.63) is 0 Å². The number of rotatable bonds is 7. The number of unbranched alkanes of at least 4 members (excludes halogenated alkanes) is 1. The van der Waals surface area contributed by atoms with Crippen LogP contribution < -0.4 is 11.1 Å². The second-order valence-electron chi connectivity index (χ2n) is 2.79. The van der Waals surface area contributed by atoms with E-state index in [1.54, 1.807) is 0 Å². The molecule has 11 heavy (non-hydrogen) atoms. The Labute approximate surface area is 74.3 Å². The first-order valence-corrected chi connectivity index (χ1v) is 5.63. The zero-order chi connectivity index (χ0) is 8.53. The fraction of sp³-hybridized carbons (Fsp3) is 1.00. The van der Waals surface area contributed by atoms with E-state index in [1.165, 1.54) is 18.6 Å². The fourth-order valence-electron chi connectivity index (χ4n) is 0.803. The smallest absolute Gasteiger partial charge is 0.0161 e. The first kappa shape index (κ1) is 11.3. The zero-order valence-corrected chi connectivity index (χ0v) is 8.41. The van der Waals surface area contributed by atoms with Crippen LogP contribution in [0.15, 0.2) is 0 Å². The molecule has 1 atom stereocenters. The second-order valence-corrected chi connectivity index (χ2v) is 3.78. The molecule has 68 valence electrons. The Morgan fingerprint density at radius 1 is 1.45 bits per heavy atom. The van der Waals surface area contributed by atoms with Gasteiger partial charge in [0.05, 0.1) is 0 Å². The molecule has 0 aromatic carbocycles. The highest BCUT2D eigenvalue weighted by Gasteiger charge is 1.95. The van der Waals surface area contributed by atoms with Crippen LogP contribution in [0.5, 0.6) is 0 Å². The van der Waals surface area contributed by atoms with Gasteiger partial charge in [-0.25, -0.2) is 0 Å². The minimum atomic E-state index is 0.476. The minimum Gasteiger partial charge on any atom is -0.329 e. The van der Waals surface area contributed by atoms with Crippen molar-refractivity contribution in [1.82, 2.24) is 5.32 Å². The molecule has 0 radical (unpaired) electrons. The molecule has 0 aliphatic heterocycles. The molecule has 3 N–H and O–H groups in total. The third-order valence-electron chi connectivity index (χ3n) is 1.62. The van der Waals surface area contributed by atoms with Crippen molar-refractivity contribution in [2.24, 2.45) is 5.73 Å². The summed E-state index contributed by atoms with van der Waals surface area (Å²) in [5, 5.41) is 3.36. The summed E-state index contributed by atoms with van der Waals surface area (Å²) in [5.41, 5.74) is 5.45. The molecular weight excluding hydrogens is 156 g/mol. The van der Waals surface area contributed by atoms with E-state index >= 15 is 0 Å². The standard InChI is InChI=1S/C8H20N2S/c1-8(7-9)10-5-3-4-6-11-2/h8,10H,3-7,9H2,1-2H3. The first-order valence-electron chi connectivity index (χ1n) is 4.23. The SMILES string of the molecule is CSCCCCNC(C)CN. The number of hydrogen-bond donors (Lipinski definition) is 2. The Hall–Kier alpha value is 0.270. The number of nitrogens with one attached hydrogen (secondary N) is 1. The second kappa shape index (κ2) is 8.37. The highest BCUT2D eigenvalue weighted by molar-refractivity contribution is 7.98. The van der Waals surface area contributed by atoms with Gasteiger partial charge in [0.1, 0.15) is 0 Å². The van der Waals surface area contributed by atoms with E-state index in [-0.39, 0.29) is 0 Å². The van der Waals surface area contributed by atoms with Gasteiger partial charge in [-0.1, -0.05) is 0 Å². The van der Waals surface area contributed by atoms with Crippen molar-refractivity contribution >= 4 is 11.8 Å². The predicted molar refractivity (Wildman–Crippen MR) is 54.1 cm³/mol. The fourth-order valence-corrected chi connectivity index (χ4v) is 1.30. The summed E-state index contributed by atoms with van der Waals surface area (Å²) in [4.78, 5) is 0. The molecule has 0 heterocycles. The minimum absolute atomic E-state index is 0.476. The number of hydrogen-bond acceptors (Lipinski definition) is 3. The largest absolute Gasteiger partial charge is 0.329 e. The maximum Gasteiger partial charge on any atom is 0.0161 e.